The molecule has 0 aromatic rings. The van der Waals surface area contributed by atoms with Crippen molar-refractivity contribution in [2.24, 2.45) is 17.8 Å². The monoisotopic (exact) mass is 323 g/mol. The first-order valence-electron chi connectivity index (χ1n) is 9.07. The van der Waals surface area contributed by atoms with Crippen molar-refractivity contribution in [3.8, 4) is 0 Å². The summed E-state index contributed by atoms with van der Waals surface area (Å²) >= 11 is 5.59. The Kier molecular flexibility index (Phi) is 4.31. The summed E-state index contributed by atoms with van der Waals surface area (Å²) in [7, 11) is 0. The van der Waals surface area contributed by atoms with Crippen LogP contribution in [0.25, 0.3) is 0 Å². The van der Waals surface area contributed by atoms with Crippen LogP contribution in [0.2, 0.25) is 0 Å². The van der Waals surface area contributed by atoms with Crippen molar-refractivity contribution in [2.75, 3.05) is 39.4 Å². The molecule has 0 aromatic heterocycles. The van der Waals surface area contributed by atoms with E-state index in [2.05, 4.69) is 15.5 Å². The number of morpholine rings is 1. The van der Waals surface area contributed by atoms with Gasteiger partial charge in [0.25, 0.3) is 0 Å². The third-order valence-corrected chi connectivity index (χ3v) is 6.48. The summed E-state index contributed by atoms with van der Waals surface area (Å²) in [5.74, 6) is 2.90. The smallest absolute Gasteiger partial charge is 0.166 e. The number of hydrogen-bond acceptors (Lipinski definition) is 3. The van der Waals surface area contributed by atoms with E-state index in [1.807, 2.05) is 0 Å². The van der Waals surface area contributed by atoms with Crippen molar-refractivity contribution in [1.29, 1.82) is 0 Å². The van der Waals surface area contributed by atoms with Crippen molar-refractivity contribution in [3.63, 3.8) is 0 Å². The molecule has 0 amide bonds. The fourth-order valence-corrected chi connectivity index (χ4v) is 6.02. The molecule has 0 unspecified atom stereocenters. The van der Waals surface area contributed by atoms with Gasteiger partial charge in [-0.15, -0.1) is 0 Å². The van der Waals surface area contributed by atoms with Gasteiger partial charge in [-0.05, 0) is 68.5 Å². The molecule has 0 radical (unpaired) electrons. The van der Waals surface area contributed by atoms with E-state index < -0.39 is 0 Å². The van der Waals surface area contributed by atoms with Gasteiger partial charge in [-0.1, -0.05) is 0 Å². The number of thiocarbonyl (C=S) groups is 1. The van der Waals surface area contributed by atoms with Crippen molar-refractivity contribution in [3.05, 3.63) is 0 Å². The third kappa shape index (κ3) is 3.26. The van der Waals surface area contributed by atoms with Crippen molar-refractivity contribution in [1.82, 2.24) is 15.5 Å². The first-order chi connectivity index (χ1) is 10.7. The summed E-state index contributed by atoms with van der Waals surface area (Å²) in [6.07, 6.45) is 8.51. The van der Waals surface area contributed by atoms with Crippen molar-refractivity contribution >= 4 is 17.3 Å². The molecule has 4 saturated carbocycles. The zero-order valence-corrected chi connectivity index (χ0v) is 14.3. The summed E-state index contributed by atoms with van der Waals surface area (Å²) in [6, 6.07) is 0. The lowest BCUT2D eigenvalue weighted by molar-refractivity contribution is -0.0102. The molecule has 4 aliphatic carbocycles. The number of nitrogens with one attached hydrogen (secondary N) is 2. The van der Waals surface area contributed by atoms with Gasteiger partial charge in [0.1, 0.15) is 0 Å². The molecule has 5 heteroatoms. The third-order valence-electron chi connectivity index (χ3n) is 6.23. The van der Waals surface area contributed by atoms with E-state index in [1.54, 1.807) is 0 Å². The second-order valence-corrected chi connectivity index (χ2v) is 8.44. The first-order valence-corrected chi connectivity index (χ1v) is 9.48. The molecule has 4 bridgehead atoms. The van der Waals surface area contributed by atoms with E-state index in [-0.39, 0.29) is 0 Å². The maximum Gasteiger partial charge on any atom is 0.166 e. The maximum atomic E-state index is 5.59. The highest BCUT2D eigenvalue weighted by molar-refractivity contribution is 7.80. The number of rotatable bonds is 4. The van der Waals surface area contributed by atoms with E-state index in [0.29, 0.717) is 5.54 Å². The average molecular weight is 324 g/mol. The molecule has 0 atom stereocenters. The molecule has 2 N–H and O–H groups in total. The van der Waals surface area contributed by atoms with Crippen LogP contribution in [-0.2, 0) is 4.74 Å². The molecule has 4 nitrogen and oxygen atoms in total. The standard InChI is InChI=1S/C17H29N3OS/c22-16(18-1-2-20-3-5-21-6-4-20)19-17-10-13-7-14(11-17)9-15(8-13)12-17/h13-15H,1-12H2,(H2,18,19,22). The number of hydrogen-bond donors (Lipinski definition) is 2. The topological polar surface area (TPSA) is 36.5 Å². The minimum Gasteiger partial charge on any atom is -0.379 e. The molecule has 1 saturated heterocycles. The van der Waals surface area contributed by atoms with Crippen LogP contribution in [0.5, 0.6) is 0 Å². The summed E-state index contributed by atoms with van der Waals surface area (Å²) in [6.45, 7) is 5.85. The molecule has 22 heavy (non-hydrogen) atoms. The van der Waals surface area contributed by atoms with E-state index >= 15 is 0 Å². The van der Waals surface area contributed by atoms with Gasteiger partial charge >= 0.3 is 0 Å². The van der Waals surface area contributed by atoms with Crippen LogP contribution in [0.15, 0.2) is 0 Å². The molecule has 1 heterocycles. The van der Waals surface area contributed by atoms with Crippen LogP contribution < -0.4 is 10.6 Å². The Hall–Kier alpha value is -0.390. The summed E-state index contributed by atoms with van der Waals surface area (Å²) in [4.78, 5) is 2.45. The van der Waals surface area contributed by atoms with Crippen LogP contribution >= 0.6 is 12.2 Å². The predicted molar refractivity (Wildman–Crippen MR) is 91.9 cm³/mol. The van der Waals surface area contributed by atoms with Gasteiger partial charge in [-0.2, -0.15) is 0 Å². The average Bonchev–Trinajstić information content (AvgIpc) is 2.46. The number of ether oxygens (including phenoxy) is 1. The molecule has 5 rings (SSSR count). The van der Waals surface area contributed by atoms with Crippen LogP contribution in [0.3, 0.4) is 0 Å². The highest BCUT2D eigenvalue weighted by Gasteiger charge is 2.51. The minimum absolute atomic E-state index is 0.331. The molecule has 124 valence electrons. The Labute approximate surface area is 139 Å². The van der Waals surface area contributed by atoms with Crippen LogP contribution in [0.4, 0.5) is 0 Å². The number of nitrogens with zero attached hydrogens (tertiary/aromatic N) is 1. The summed E-state index contributed by atoms with van der Waals surface area (Å²) < 4.78 is 5.39. The molecule has 0 spiro atoms. The Morgan fingerprint density at radius 1 is 1.05 bits per heavy atom. The van der Waals surface area contributed by atoms with E-state index in [9.17, 15) is 0 Å². The Bertz CT molecular complexity index is 387. The predicted octanol–water partition coefficient (Wildman–Crippen LogP) is 1.75. The molecule has 5 fully saturated rings. The van der Waals surface area contributed by atoms with E-state index in [4.69, 9.17) is 17.0 Å². The molecule has 0 aromatic carbocycles. The lowest BCUT2D eigenvalue weighted by Crippen LogP contribution is -2.61. The highest BCUT2D eigenvalue weighted by atomic mass is 32.1. The fraction of sp³-hybridized carbons (Fsp3) is 0.941. The molecular weight excluding hydrogens is 294 g/mol. The van der Waals surface area contributed by atoms with E-state index in [0.717, 1.165) is 62.3 Å². The quantitative estimate of drug-likeness (QED) is 0.771. The highest BCUT2D eigenvalue weighted by Crippen LogP contribution is 2.55. The van der Waals surface area contributed by atoms with Gasteiger partial charge < -0.3 is 15.4 Å². The normalized spacial score (nSPS) is 40.6. The Morgan fingerprint density at radius 3 is 2.23 bits per heavy atom. The lowest BCUT2D eigenvalue weighted by atomic mass is 9.53. The second kappa shape index (κ2) is 6.25. The molecule has 5 aliphatic rings. The lowest BCUT2D eigenvalue weighted by Gasteiger charge is -2.57. The maximum absolute atomic E-state index is 5.59. The van der Waals surface area contributed by atoms with Crippen molar-refractivity contribution < 1.29 is 4.74 Å². The van der Waals surface area contributed by atoms with Gasteiger partial charge in [0, 0.05) is 31.7 Å². The van der Waals surface area contributed by atoms with Crippen molar-refractivity contribution in [2.45, 2.75) is 44.1 Å². The largest absolute Gasteiger partial charge is 0.379 e. The van der Waals surface area contributed by atoms with Gasteiger partial charge in [-0.3, -0.25) is 4.90 Å². The summed E-state index contributed by atoms with van der Waals surface area (Å²) in [5.41, 5.74) is 0.331. The van der Waals surface area contributed by atoms with E-state index in [1.165, 1.54) is 38.5 Å². The van der Waals surface area contributed by atoms with Gasteiger partial charge in [0.05, 0.1) is 13.2 Å². The first kappa shape index (κ1) is 15.2. The van der Waals surface area contributed by atoms with Gasteiger partial charge in [-0.25, -0.2) is 0 Å². The zero-order chi connectivity index (χ0) is 15.0. The SMILES string of the molecule is S=C(NCCN1CCOCC1)NC12CC3CC(CC(C3)C1)C2. The zero-order valence-electron chi connectivity index (χ0n) is 13.5. The van der Waals surface area contributed by atoms with Gasteiger partial charge in [0.15, 0.2) is 5.11 Å². The fourth-order valence-electron chi connectivity index (χ4n) is 5.70. The van der Waals surface area contributed by atoms with Crippen LogP contribution in [0, 0.1) is 17.8 Å². The van der Waals surface area contributed by atoms with Crippen LogP contribution in [0.1, 0.15) is 38.5 Å². The Morgan fingerprint density at radius 2 is 1.64 bits per heavy atom. The minimum atomic E-state index is 0.331. The second-order valence-electron chi connectivity index (χ2n) is 8.03. The molecular formula is C17H29N3OS. The Balaban J connectivity index is 1.24. The van der Waals surface area contributed by atoms with Gasteiger partial charge in [0.2, 0.25) is 0 Å². The summed E-state index contributed by atoms with van der Waals surface area (Å²) in [5, 5.41) is 8.07. The molecule has 1 aliphatic heterocycles. The van der Waals surface area contributed by atoms with Crippen LogP contribution in [-0.4, -0.2) is 54.9 Å².